The van der Waals surface area contributed by atoms with Crippen LogP contribution in [0, 0.1) is 27.7 Å². The summed E-state index contributed by atoms with van der Waals surface area (Å²) in [5.41, 5.74) is 7.94. The van der Waals surface area contributed by atoms with Crippen LogP contribution in [0.25, 0.3) is 0 Å². The number of benzene rings is 2. The van der Waals surface area contributed by atoms with Crippen molar-refractivity contribution in [1.82, 2.24) is 4.98 Å². The van der Waals surface area contributed by atoms with Crippen LogP contribution in [0.4, 0.5) is 11.4 Å². The highest BCUT2D eigenvalue weighted by Gasteiger charge is 2.05. The van der Waals surface area contributed by atoms with Crippen molar-refractivity contribution in [2.45, 2.75) is 40.5 Å². The molecule has 3 rings (SSSR count). The molecular formula is C25H25Cl2N3. The third-order valence-electron chi connectivity index (χ3n) is 4.70. The van der Waals surface area contributed by atoms with Crippen molar-refractivity contribution < 1.29 is 0 Å². The molecule has 0 aliphatic carbocycles. The number of pyridine rings is 1. The van der Waals surface area contributed by atoms with E-state index in [1.54, 1.807) is 0 Å². The molecule has 0 unspecified atom stereocenters. The lowest BCUT2D eigenvalue weighted by Gasteiger charge is -2.05. The van der Waals surface area contributed by atoms with Crippen molar-refractivity contribution in [2.75, 3.05) is 0 Å². The second kappa shape index (κ2) is 10.0. The molecule has 2 aromatic carbocycles. The van der Waals surface area contributed by atoms with Gasteiger partial charge in [0.1, 0.15) is 0 Å². The zero-order valence-electron chi connectivity index (χ0n) is 17.7. The standard InChI is InChI=1S/C25H25Cl2N3/c1-16-12-18(3)24(22(26)14-16)28-10-8-20-6-5-7-21(30-20)9-11-29-25-19(4)13-17(2)15-23(25)27/h5-7,10-15H,8-9H2,1-4H3. The molecule has 1 heterocycles. The number of aliphatic imine (C=N–C) groups is 2. The zero-order valence-corrected chi connectivity index (χ0v) is 19.2. The lowest BCUT2D eigenvalue weighted by atomic mass is 10.1. The summed E-state index contributed by atoms with van der Waals surface area (Å²) in [5.74, 6) is 0. The molecule has 30 heavy (non-hydrogen) atoms. The molecule has 154 valence electrons. The normalized spacial score (nSPS) is 11.7. The van der Waals surface area contributed by atoms with E-state index in [4.69, 9.17) is 28.2 Å². The van der Waals surface area contributed by atoms with Crippen LogP contribution >= 0.6 is 23.2 Å². The number of rotatable bonds is 6. The maximum atomic E-state index is 6.33. The van der Waals surface area contributed by atoms with Crippen molar-refractivity contribution >= 4 is 47.0 Å². The molecule has 0 amide bonds. The van der Waals surface area contributed by atoms with Gasteiger partial charge >= 0.3 is 0 Å². The third-order valence-corrected chi connectivity index (χ3v) is 5.28. The molecule has 0 saturated heterocycles. The predicted octanol–water partition coefficient (Wildman–Crippen LogP) is 7.51. The van der Waals surface area contributed by atoms with Gasteiger partial charge in [0.15, 0.2) is 0 Å². The van der Waals surface area contributed by atoms with Crippen LogP contribution < -0.4 is 0 Å². The topological polar surface area (TPSA) is 37.6 Å². The van der Waals surface area contributed by atoms with Gasteiger partial charge in [-0.25, -0.2) is 0 Å². The molecule has 5 heteroatoms. The molecule has 3 aromatic rings. The molecule has 3 nitrogen and oxygen atoms in total. The summed E-state index contributed by atoms with van der Waals surface area (Å²) in [6, 6.07) is 14.0. The van der Waals surface area contributed by atoms with E-state index in [0.717, 1.165) is 45.0 Å². The monoisotopic (exact) mass is 437 g/mol. The summed E-state index contributed by atoms with van der Waals surface area (Å²) in [6.45, 7) is 8.09. The molecule has 0 radical (unpaired) electrons. The van der Waals surface area contributed by atoms with E-state index in [-0.39, 0.29) is 0 Å². The Morgan fingerprint density at radius 3 is 1.57 bits per heavy atom. The van der Waals surface area contributed by atoms with Crippen molar-refractivity contribution in [1.29, 1.82) is 0 Å². The van der Waals surface area contributed by atoms with E-state index < -0.39 is 0 Å². The Bertz CT molecular complexity index is 986. The van der Waals surface area contributed by atoms with E-state index in [1.807, 2.05) is 70.5 Å². The molecule has 0 atom stereocenters. The SMILES string of the molecule is Cc1cc(C)c(N=CCc2cccc(CC=Nc3c(C)cc(C)cc3Cl)n2)c(Cl)c1. The minimum atomic E-state index is 0.636. The van der Waals surface area contributed by atoms with E-state index >= 15 is 0 Å². The minimum Gasteiger partial charge on any atom is -0.259 e. The van der Waals surface area contributed by atoms with Gasteiger partial charge in [-0.05, 0) is 74.2 Å². The van der Waals surface area contributed by atoms with Crippen LogP contribution in [0.5, 0.6) is 0 Å². The quantitative estimate of drug-likeness (QED) is 0.367. The third kappa shape index (κ3) is 5.78. The van der Waals surface area contributed by atoms with E-state index in [0.29, 0.717) is 22.9 Å². The first-order chi connectivity index (χ1) is 14.3. The molecule has 0 bridgehead atoms. The van der Waals surface area contributed by atoms with Crippen molar-refractivity contribution in [3.8, 4) is 0 Å². The highest BCUT2D eigenvalue weighted by atomic mass is 35.5. The van der Waals surface area contributed by atoms with Gasteiger partial charge in [0, 0.05) is 36.7 Å². The fraction of sp³-hybridized carbons (Fsp3) is 0.240. The molecule has 0 spiro atoms. The van der Waals surface area contributed by atoms with Crippen molar-refractivity contribution in [2.24, 2.45) is 9.98 Å². The highest BCUT2D eigenvalue weighted by molar-refractivity contribution is 6.33. The van der Waals surface area contributed by atoms with Crippen LogP contribution in [0.3, 0.4) is 0 Å². The molecule has 0 aliphatic rings. The Labute approximate surface area is 188 Å². The summed E-state index contributed by atoms with van der Waals surface area (Å²) in [6.07, 6.45) is 4.99. The maximum Gasteiger partial charge on any atom is 0.0841 e. The Morgan fingerprint density at radius 2 is 1.17 bits per heavy atom. The summed E-state index contributed by atoms with van der Waals surface area (Å²) in [5, 5.41) is 1.35. The van der Waals surface area contributed by atoms with Gasteiger partial charge in [-0.15, -0.1) is 0 Å². The van der Waals surface area contributed by atoms with Crippen LogP contribution in [0.15, 0.2) is 52.4 Å². The summed E-state index contributed by atoms with van der Waals surface area (Å²) in [4.78, 5) is 13.8. The lowest BCUT2D eigenvalue weighted by Crippen LogP contribution is -1.97. The van der Waals surface area contributed by atoms with Gasteiger partial charge in [-0.1, -0.05) is 41.4 Å². The molecule has 0 aliphatic heterocycles. The average Bonchev–Trinajstić information content (AvgIpc) is 2.66. The van der Waals surface area contributed by atoms with Gasteiger partial charge in [0.05, 0.1) is 21.4 Å². The number of halogens is 2. The van der Waals surface area contributed by atoms with E-state index in [2.05, 4.69) is 22.1 Å². The van der Waals surface area contributed by atoms with Gasteiger partial charge in [0.2, 0.25) is 0 Å². The number of hydrogen-bond donors (Lipinski definition) is 0. The smallest absolute Gasteiger partial charge is 0.0841 e. The fourth-order valence-electron chi connectivity index (χ4n) is 3.36. The number of nitrogens with zero attached hydrogens (tertiary/aromatic N) is 3. The second-order valence-electron chi connectivity index (χ2n) is 7.48. The summed E-state index contributed by atoms with van der Waals surface area (Å²) >= 11 is 12.7. The van der Waals surface area contributed by atoms with Gasteiger partial charge in [0.25, 0.3) is 0 Å². The van der Waals surface area contributed by atoms with E-state index in [1.165, 1.54) is 0 Å². The lowest BCUT2D eigenvalue weighted by molar-refractivity contribution is 1.06. The van der Waals surface area contributed by atoms with E-state index in [9.17, 15) is 0 Å². The average molecular weight is 438 g/mol. The molecule has 0 fully saturated rings. The van der Waals surface area contributed by atoms with Crippen LogP contribution in [-0.2, 0) is 12.8 Å². The zero-order chi connectivity index (χ0) is 21.7. The Hall–Kier alpha value is -2.49. The maximum absolute atomic E-state index is 6.33. The predicted molar refractivity (Wildman–Crippen MR) is 130 cm³/mol. The summed E-state index contributed by atoms with van der Waals surface area (Å²) in [7, 11) is 0. The molecule has 0 saturated carbocycles. The van der Waals surface area contributed by atoms with Gasteiger partial charge in [-0.3, -0.25) is 15.0 Å². The summed E-state index contributed by atoms with van der Waals surface area (Å²) < 4.78 is 0. The fourth-order valence-corrected chi connectivity index (χ4v) is 4.10. The Balaban J connectivity index is 1.67. The number of hydrogen-bond acceptors (Lipinski definition) is 3. The van der Waals surface area contributed by atoms with Crippen molar-refractivity contribution in [3.63, 3.8) is 0 Å². The molecular weight excluding hydrogens is 413 g/mol. The number of aryl methyl sites for hydroxylation is 4. The first-order valence-electron chi connectivity index (χ1n) is 9.87. The number of aromatic nitrogens is 1. The molecule has 0 N–H and O–H groups in total. The van der Waals surface area contributed by atoms with Crippen LogP contribution in [0.2, 0.25) is 10.0 Å². The van der Waals surface area contributed by atoms with Crippen LogP contribution in [0.1, 0.15) is 33.6 Å². The Kier molecular flexibility index (Phi) is 7.41. The second-order valence-corrected chi connectivity index (χ2v) is 8.29. The van der Waals surface area contributed by atoms with Crippen LogP contribution in [-0.4, -0.2) is 17.4 Å². The van der Waals surface area contributed by atoms with Crippen molar-refractivity contribution in [3.05, 3.63) is 86.2 Å². The first kappa shape index (κ1) is 22.2. The minimum absolute atomic E-state index is 0.636. The highest BCUT2D eigenvalue weighted by Crippen LogP contribution is 2.30. The molecule has 1 aromatic heterocycles. The first-order valence-corrected chi connectivity index (χ1v) is 10.6. The largest absolute Gasteiger partial charge is 0.259 e. The Morgan fingerprint density at radius 1 is 0.733 bits per heavy atom. The van der Waals surface area contributed by atoms with Gasteiger partial charge < -0.3 is 0 Å². The van der Waals surface area contributed by atoms with Gasteiger partial charge in [-0.2, -0.15) is 0 Å².